The predicted octanol–water partition coefficient (Wildman–Crippen LogP) is 5.53. The molecule has 1 N–H and O–H groups in total. The van der Waals surface area contributed by atoms with Crippen molar-refractivity contribution in [2.24, 2.45) is 5.92 Å². The van der Waals surface area contributed by atoms with Crippen LogP contribution in [0.4, 0.5) is 10.1 Å². The summed E-state index contributed by atoms with van der Waals surface area (Å²) >= 11 is 0. The molecule has 2 fully saturated rings. The zero-order chi connectivity index (χ0) is 38.4. The van der Waals surface area contributed by atoms with Crippen LogP contribution in [-0.2, 0) is 49.8 Å². The van der Waals surface area contributed by atoms with Gasteiger partial charge in [-0.2, -0.15) is 0 Å². The number of carbonyl (C=O) groups is 3. The summed E-state index contributed by atoms with van der Waals surface area (Å²) in [5.74, 6) is 3.37. The van der Waals surface area contributed by atoms with Crippen LogP contribution in [0.15, 0.2) is 72.8 Å². The number of carbonyl (C=O) groups excluding carboxylic acids is 3. The van der Waals surface area contributed by atoms with Crippen LogP contribution in [0.1, 0.15) is 81.4 Å². The number of anilines is 1. The van der Waals surface area contributed by atoms with Gasteiger partial charge in [-0.25, -0.2) is 17.5 Å². The number of hydrogen-bond donors (Lipinski definition) is 1. The zero-order valence-corrected chi connectivity index (χ0v) is 31.3. The van der Waals surface area contributed by atoms with E-state index in [9.17, 15) is 27.2 Å². The van der Waals surface area contributed by atoms with E-state index in [2.05, 4.69) is 16.6 Å². The largest absolute Gasteiger partial charge is 0.458 e. The van der Waals surface area contributed by atoms with Crippen molar-refractivity contribution >= 4 is 33.6 Å². The first-order chi connectivity index (χ1) is 25.0. The summed E-state index contributed by atoms with van der Waals surface area (Å²) in [5.41, 5.74) is 2.59. The first-order valence-corrected chi connectivity index (χ1v) is 19.3. The summed E-state index contributed by atoms with van der Waals surface area (Å²) in [6.45, 7) is 6.59. The van der Waals surface area contributed by atoms with Gasteiger partial charge in [0, 0.05) is 31.6 Å². The molecule has 13 heteroatoms. The van der Waals surface area contributed by atoms with Crippen molar-refractivity contribution in [1.82, 2.24) is 4.72 Å². The highest BCUT2D eigenvalue weighted by molar-refractivity contribution is 7.88. The Morgan fingerprint density at radius 2 is 1.62 bits per heavy atom. The Labute approximate surface area is 310 Å². The standard InChI is InChI=1S/C40H45FN2O9S/c1-27(44)51-36(31-14-16-33(41)17-15-31)21-20-35-37(43(38(35)46)34-18-10-29(11-19-34)7-6-24-42-53(5,47)48)32-12-8-30(9-13-32)22-23-40(52-28(2)45)25-49-39(3,4)50-26-40/h8-19,35-37,42H,6-7,20-21,24-26H2,1-5H3/t35?,36-,37?/m0/s1. The molecule has 1 amide bonds. The number of sulfonamides is 1. The van der Waals surface area contributed by atoms with Crippen molar-refractivity contribution in [2.75, 3.05) is 30.9 Å². The Balaban J connectivity index is 1.38. The van der Waals surface area contributed by atoms with E-state index in [-0.39, 0.29) is 25.2 Å². The van der Waals surface area contributed by atoms with E-state index in [0.717, 1.165) is 17.4 Å². The van der Waals surface area contributed by atoms with Crippen molar-refractivity contribution in [3.05, 3.63) is 101 Å². The second kappa shape index (κ2) is 16.6. The summed E-state index contributed by atoms with van der Waals surface area (Å²) in [5, 5.41) is 0. The van der Waals surface area contributed by atoms with E-state index in [1.54, 1.807) is 30.9 Å². The number of nitrogens with zero attached hydrogens (tertiary/aromatic N) is 1. The number of nitrogens with one attached hydrogen (secondary N) is 1. The highest BCUT2D eigenvalue weighted by Gasteiger charge is 2.48. The maximum atomic E-state index is 13.9. The van der Waals surface area contributed by atoms with Gasteiger partial charge in [-0.1, -0.05) is 42.3 Å². The lowest BCUT2D eigenvalue weighted by Crippen LogP contribution is -2.55. The molecular weight excluding hydrogens is 704 g/mol. The maximum Gasteiger partial charge on any atom is 0.304 e. The molecule has 0 aliphatic carbocycles. The van der Waals surface area contributed by atoms with Gasteiger partial charge >= 0.3 is 11.9 Å². The Morgan fingerprint density at radius 3 is 2.21 bits per heavy atom. The average molecular weight is 749 g/mol. The van der Waals surface area contributed by atoms with Crippen molar-refractivity contribution in [3.8, 4) is 11.8 Å². The van der Waals surface area contributed by atoms with E-state index in [0.29, 0.717) is 49.0 Å². The molecule has 11 nitrogen and oxygen atoms in total. The van der Waals surface area contributed by atoms with Gasteiger partial charge in [-0.3, -0.25) is 14.4 Å². The molecule has 2 saturated heterocycles. The molecule has 53 heavy (non-hydrogen) atoms. The van der Waals surface area contributed by atoms with E-state index in [1.165, 1.54) is 26.0 Å². The first kappa shape index (κ1) is 39.6. The summed E-state index contributed by atoms with van der Waals surface area (Å²) < 4.78 is 61.6. The minimum Gasteiger partial charge on any atom is -0.458 e. The second-order valence-electron chi connectivity index (χ2n) is 13.9. The fourth-order valence-corrected chi connectivity index (χ4v) is 6.94. The predicted molar refractivity (Wildman–Crippen MR) is 195 cm³/mol. The molecule has 3 atom stereocenters. The van der Waals surface area contributed by atoms with Gasteiger partial charge in [-0.05, 0) is 98.5 Å². The normalized spacial score (nSPS) is 19.7. The van der Waals surface area contributed by atoms with Gasteiger partial charge < -0.3 is 23.8 Å². The molecule has 3 aromatic rings. The number of aryl methyl sites for hydroxylation is 1. The second-order valence-corrected chi connectivity index (χ2v) is 15.7. The lowest BCUT2D eigenvalue weighted by atomic mass is 9.78. The zero-order valence-electron chi connectivity index (χ0n) is 30.5. The third-order valence-corrected chi connectivity index (χ3v) is 9.79. The van der Waals surface area contributed by atoms with Crippen LogP contribution in [0, 0.1) is 23.6 Å². The number of amides is 1. The van der Waals surface area contributed by atoms with Crippen molar-refractivity contribution in [3.63, 3.8) is 0 Å². The van der Waals surface area contributed by atoms with Crippen LogP contribution in [0.2, 0.25) is 0 Å². The topological polar surface area (TPSA) is 138 Å². The third-order valence-electron chi connectivity index (χ3n) is 9.06. The number of β-lactam (4-membered cyclic amide) rings is 1. The van der Waals surface area contributed by atoms with Gasteiger partial charge in [0.15, 0.2) is 5.79 Å². The first-order valence-electron chi connectivity index (χ1n) is 17.4. The summed E-state index contributed by atoms with van der Waals surface area (Å²) in [6.07, 6.45) is 2.47. The number of hydrogen-bond acceptors (Lipinski definition) is 9. The summed E-state index contributed by atoms with van der Waals surface area (Å²) in [6, 6.07) is 20.5. The Hall–Kier alpha value is -4.61. The Morgan fingerprint density at radius 1 is 0.981 bits per heavy atom. The number of esters is 2. The Kier molecular flexibility index (Phi) is 12.4. The molecule has 282 valence electrons. The average Bonchev–Trinajstić information content (AvgIpc) is 3.09. The molecule has 2 unspecified atom stereocenters. The quantitative estimate of drug-likeness (QED) is 0.104. The molecule has 0 aromatic heterocycles. The lowest BCUT2D eigenvalue weighted by Gasteiger charge is -2.48. The van der Waals surface area contributed by atoms with Crippen LogP contribution >= 0.6 is 0 Å². The Bertz CT molecular complexity index is 1940. The van der Waals surface area contributed by atoms with Gasteiger partial charge in [0.2, 0.25) is 21.5 Å². The van der Waals surface area contributed by atoms with E-state index in [4.69, 9.17) is 18.9 Å². The number of rotatable bonds is 13. The van der Waals surface area contributed by atoms with Crippen LogP contribution in [0.5, 0.6) is 0 Å². The molecule has 0 bridgehead atoms. The molecular formula is C40H45FN2O9S. The van der Waals surface area contributed by atoms with E-state index in [1.807, 2.05) is 48.5 Å². The van der Waals surface area contributed by atoms with Gasteiger partial charge in [-0.15, -0.1) is 0 Å². The fourth-order valence-electron chi connectivity index (χ4n) is 6.42. The molecule has 0 radical (unpaired) electrons. The van der Waals surface area contributed by atoms with Crippen molar-refractivity contribution in [1.29, 1.82) is 0 Å². The van der Waals surface area contributed by atoms with E-state index < -0.39 is 51.2 Å². The minimum atomic E-state index is -3.26. The van der Waals surface area contributed by atoms with Crippen LogP contribution < -0.4 is 9.62 Å². The van der Waals surface area contributed by atoms with Crippen LogP contribution in [-0.4, -0.2) is 63.7 Å². The van der Waals surface area contributed by atoms with Gasteiger partial charge in [0.25, 0.3) is 0 Å². The monoisotopic (exact) mass is 748 g/mol. The molecule has 2 aliphatic rings. The molecule has 3 aromatic carbocycles. The molecule has 2 aliphatic heterocycles. The van der Waals surface area contributed by atoms with Gasteiger partial charge in [0.1, 0.15) is 25.1 Å². The maximum absolute atomic E-state index is 13.9. The van der Waals surface area contributed by atoms with Crippen LogP contribution in [0.25, 0.3) is 0 Å². The van der Waals surface area contributed by atoms with Crippen molar-refractivity contribution < 1.29 is 46.1 Å². The fraction of sp³-hybridized carbons (Fsp3) is 0.425. The highest BCUT2D eigenvalue weighted by atomic mass is 32.2. The van der Waals surface area contributed by atoms with Crippen molar-refractivity contribution in [2.45, 2.75) is 76.9 Å². The molecule has 0 saturated carbocycles. The lowest BCUT2D eigenvalue weighted by molar-refractivity contribution is -0.291. The molecule has 0 spiro atoms. The number of benzene rings is 3. The van der Waals surface area contributed by atoms with Crippen LogP contribution in [0.3, 0.4) is 0 Å². The molecule has 5 rings (SSSR count). The minimum absolute atomic E-state index is 0.0497. The SMILES string of the molecule is CC(=O)O[C@@H](CCC1C(=O)N(c2ccc(CCCNS(C)(=O)=O)cc2)C1c1ccc(C#CC2(OC(C)=O)COC(C)(C)OC2)cc1)c1ccc(F)cc1. The third kappa shape index (κ3) is 10.7. The van der Waals surface area contributed by atoms with E-state index >= 15 is 0 Å². The molecule has 2 heterocycles. The van der Waals surface area contributed by atoms with Gasteiger partial charge in [0.05, 0.1) is 18.2 Å². The highest BCUT2D eigenvalue weighted by Crippen LogP contribution is 2.46. The summed E-state index contributed by atoms with van der Waals surface area (Å²) in [7, 11) is -3.26. The summed E-state index contributed by atoms with van der Waals surface area (Å²) in [4.78, 5) is 39.5. The number of ether oxygens (including phenoxy) is 4. The number of halogens is 1. The smallest absolute Gasteiger partial charge is 0.304 e.